The van der Waals surface area contributed by atoms with Gasteiger partial charge in [-0.05, 0) is 42.4 Å². The average Bonchev–Trinajstić information content (AvgIpc) is 2.08. The van der Waals surface area contributed by atoms with Crippen molar-refractivity contribution in [2.45, 2.75) is 85.6 Å². The molecule has 0 aromatic carbocycles. The second kappa shape index (κ2) is 4.91. The van der Waals surface area contributed by atoms with Crippen LogP contribution in [0.4, 0.5) is 0 Å². The van der Waals surface area contributed by atoms with Crippen LogP contribution in [-0.2, 0) is 0 Å². The lowest BCUT2D eigenvalue weighted by Gasteiger charge is -2.51. The van der Waals surface area contributed by atoms with Crippen molar-refractivity contribution in [2.75, 3.05) is 0 Å². The van der Waals surface area contributed by atoms with Gasteiger partial charge in [0.05, 0.1) is 0 Å². The topological polar surface area (TPSA) is 26.0 Å². The third-order valence-electron chi connectivity index (χ3n) is 4.47. The van der Waals surface area contributed by atoms with Crippen molar-refractivity contribution in [3.8, 4) is 0 Å². The fraction of sp³-hybridized carbons (Fsp3) is 1.00. The summed E-state index contributed by atoms with van der Waals surface area (Å²) in [7, 11) is 0. The molecule has 1 aliphatic carbocycles. The van der Waals surface area contributed by atoms with Gasteiger partial charge in [-0.25, -0.2) is 0 Å². The lowest BCUT2D eigenvalue weighted by Crippen LogP contribution is -2.53. The molecule has 17 heavy (non-hydrogen) atoms. The van der Waals surface area contributed by atoms with Gasteiger partial charge < -0.3 is 5.73 Å². The maximum Gasteiger partial charge on any atom is 0.0167 e. The van der Waals surface area contributed by atoms with Gasteiger partial charge in [0, 0.05) is 5.54 Å². The van der Waals surface area contributed by atoms with Gasteiger partial charge in [0.2, 0.25) is 0 Å². The zero-order valence-corrected chi connectivity index (χ0v) is 12.9. The molecule has 1 heteroatoms. The van der Waals surface area contributed by atoms with E-state index in [4.69, 9.17) is 5.73 Å². The van der Waals surface area contributed by atoms with E-state index < -0.39 is 0 Å². The normalized spacial score (nSPS) is 26.1. The second-order valence-electron chi connectivity index (χ2n) is 8.11. The molecule has 0 aliphatic heterocycles. The van der Waals surface area contributed by atoms with E-state index in [1.165, 1.54) is 38.5 Å². The highest BCUT2D eigenvalue weighted by Crippen LogP contribution is 2.51. The SMILES string of the molecule is CCC(CC)CC1(N)CC(C)(C)CC(C)(C)C1. The van der Waals surface area contributed by atoms with E-state index >= 15 is 0 Å². The monoisotopic (exact) mass is 239 g/mol. The third kappa shape index (κ3) is 4.28. The minimum Gasteiger partial charge on any atom is -0.325 e. The summed E-state index contributed by atoms with van der Waals surface area (Å²) >= 11 is 0. The first kappa shape index (κ1) is 15.0. The lowest BCUT2D eigenvalue weighted by molar-refractivity contribution is 0.0354. The molecule has 0 bridgehead atoms. The summed E-state index contributed by atoms with van der Waals surface area (Å²) in [4.78, 5) is 0. The van der Waals surface area contributed by atoms with Crippen LogP contribution in [0.5, 0.6) is 0 Å². The van der Waals surface area contributed by atoms with E-state index in [9.17, 15) is 0 Å². The summed E-state index contributed by atoms with van der Waals surface area (Å²) in [6.07, 6.45) is 7.46. The summed E-state index contributed by atoms with van der Waals surface area (Å²) in [5, 5.41) is 0. The van der Waals surface area contributed by atoms with Crippen LogP contribution in [0.2, 0.25) is 0 Å². The Labute approximate surface area is 109 Å². The van der Waals surface area contributed by atoms with Gasteiger partial charge in [-0.1, -0.05) is 54.4 Å². The minimum absolute atomic E-state index is 0.0714. The van der Waals surface area contributed by atoms with Gasteiger partial charge in [0.1, 0.15) is 0 Å². The molecule has 0 spiro atoms. The first-order valence-corrected chi connectivity index (χ1v) is 7.40. The fourth-order valence-electron chi connectivity index (χ4n) is 4.69. The number of hydrogen-bond donors (Lipinski definition) is 1. The highest BCUT2D eigenvalue weighted by molar-refractivity contribution is 5.01. The van der Waals surface area contributed by atoms with Crippen molar-refractivity contribution >= 4 is 0 Å². The predicted octanol–water partition coefficient (Wildman–Crippen LogP) is 4.75. The highest BCUT2D eigenvalue weighted by atomic mass is 14.8. The molecule has 0 radical (unpaired) electrons. The van der Waals surface area contributed by atoms with E-state index in [1.807, 2.05) is 0 Å². The molecule has 1 rings (SSSR count). The first-order chi connectivity index (χ1) is 7.61. The van der Waals surface area contributed by atoms with Gasteiger partial charge in [0.25, 0.3) is 0 Å². The van der Waals surface area contributed by atoms with E-state index in [0.29, 0.717) is 10.8 Å². The average molecular weight is 239 g/mol. The molecule has 2 N–H and O–H groups in total. The van der Waals surface area contributed by atoms with Crippen molar-refractivity contribution in [2.24, 2.45) is 22.5 Å². The van der Waals surface area contributed by atoms with Crippen LogP contribution in [0.25, 0.3) is 0 Å². The molecule has 0 aromatic heterocycles. The van der Waals surface area contributed by atoms with Crippen molar-refractivity contribution < 1.29 is 0 Å². The maximum absolute atomic E-state index is 6.76. The van der Waals surface area contributed by atoms with Crippen LogP contribution < -0.4 is 5.73 Å². The molecule has 1 saturated carbocycles. The zero-order chi connectivity index (χ0) is 13.3. The zero-order valence-electron chi connectivity index (χ0n) is 12.9. The van der Waals surface area contributed by atoms with E-state index in [2.05, 4.69) is 41.5 Å². The molecule has 102 valence electrons. The molecule has 0 atom stereocenters. The van der Waals surface area contributed by atoms with Gasteiger partial charge in [-0.3, -0.25) is 0 Å². The highest BCUT2D eigenvalue weighted by Gasteiger charge is 2.45. The molecule has 1 nitrogen and oxygen atoms in total. The smallest absolute Gasteiger partial charge is 0.0167 e. The quantitative estimate of drug-likeness (QED) is 0.753. The van der Waals surface area contributed by atoms with Crippen LogP contribution in [0, 0.1) is 16.7 Å². The Morgan fingerprint density at radius 1 is 0.882 bits per heavy atom. The van der Waals surface area contributed by atoms with E-state index in [0.717, 1.165) is 5.92 Å². The van der Waals surface area contributed by atoms with Crippen LogP contribution in [-0.4, -0.2) is 5.54 Å². The van der Waals surface area contributed by atoms with E-state index in [1.54, 1.807) is 0 Å². The Morgan fingerprint density at radius 3 is 1.65 bits per heavy atom. The van der Waals surface area contributed by atoms with Crippen molar-refractivity contribution in [3.63, 3.8) is 0 Å². The molecule has 1 aliphatic rings. The third-order valence-corrected chi connectivity index (χ3v) is 4.47. The summed E-state index contributed by atoms with van der Waals surface area (Å²) in [5.74, 6) is 0.810. The van der Waals surface area contributed by atoms with Crippen molar-refractivity contribution in [1.29, 1.82) is 0 Å². The molecule has 0 amide bonds. The van der Waals surface area contributed by atoms with Crippen molar-refractivity contribution in [1.82, 2.24) is 0 Å². The Bertz CT molecular complexity index is 232. The van der Waals surface area contributed by atoms with Crippen LogP contribution >= 0.6 is 0 Å². The standard InChI is InChI=1S/C16H33N/c1-7-13(8-2)9-16(17)11-14(3,4)10-15(5,6)12-16/h13H,7-12,17H2,1-6H3. The summed E-state index contributed by atoms with van der Waals surface area (Å²) in [6, 6.07) is 0. The van der Waals surface area contributed by atoms with Gasteiger partial charge in [-0.15, -0.1) is 0 Å². The lowest BCUT2D eigenvalue weighted by atomic mass is 9.57. The van der Waals surface area contributed by atoms with Gasteiger partial charge in [-0.2, -0.15) is 0 Å². The summed E-state index contributed by atoms with van der Waals surface area (Å²) in [6.45, 7) is 14.2. The van der Waals surface area contributed by atoms with Crippen LogP contribution in [0.1, 0.15) is 80.1 Å². The Morgan fingerprint density at radius 2 is 1.29 bits per heavy atom. The predicted molar refractivity (Wildman–Crippen MR) is 77.0 cm³/mol. The maximum atomic E-state index is 6.76. The molecule has 0 heterocycles. The van der Waals surface area contributed by atoms with Crippen LogP contribution in [0.15, 0.2) is 0 Å². The van der Waals surface area contributed by atoms with Gasteiger partial charge >= 0.3 is 0 Å². The minimum atomic E-state index is 0.0714. The molecule has 0 unspecified atom stereocenters. The molecular formula is C16H33N. The number of nitrogens with two attached hydrogens (primary N) is 1. The summed E-state index contributed by atoms with van der Waals surface area (Å²) < 4.78 is 0. The fourth-order valence-corrected chi connectivity index (χ4v) is 4.69. The van der Waals surface area contributed by atoms with Crippen molar-refractivity contribution in [3.05, 3.63) is 0 Å². The second-order valence-corrected chi connectivity index (χ2v) is 8.11. The Hall–Kier alpha value is -0.0400. The summed E-state index contributed by atoms with van der Waals surface area (Å²) in [5.41, 5.74) is 7.64. The number of hydrogen-bond acceptors (Lipinski definition) is 1. The molecule has 0 aromatic rings. The molecular weight excluding hydrogens is 206 g/mol. The number of rotatable bonds is 4. The first-order valence-electron chi connectivity index (χ1n) is 7.40. The van der Waals surface area contributed by atoms with Gasteiger partial charge in [0.15, 0.2) is 0 Å². The molecule has 0 saturated heterocycles. The Balaban J connectivity index is 2.80. The van der Waals surface area contributed by atoms with E-state index in [-0.39, 0.29) is 5.54 Å². The largest absolute Gasteiger partial charge is 0.325 e. The molecule has 1 fully saturated rings. The Kier molecular flexibility index (Phi) is 4.34. The van der Waals surface area contributed by atoms with Crippen LogP contribution in [0.3, 0.4) is 0 Å².